The number of methoxy groups -OCH3 is 2. The van der Waals surface area contributed by atoms with Crippen LogP contribution in [0.3, 0.4) is 0 Å². The van der Waals surface area contributed by atoms with Crippen molar-refractivity contribution in [3.63, 3.8) is 0 Å². The molecule has 0 aliphatic rings. The molecule has 1 N–H and O–H groups in total. The van der Waals surface area contributed by atoms with Gasteiger partial charge in [0.15, 0.2) is 0 Å². The van der Waals surface area contributed by atoms with Gasteiger partial charge in [-0.05, 0) is 35.9 Å². The van der Waals surface area contributed by atoms with Gasteiger partial charge in [0.1, 0.15) is 5.75 Å². The number of hydrogen-bond donors (Lipinski definition) is 1. The molecule has 1 amide bonds. The molecule has 7 nitrogen and oxygen atoms in total. The van der Waals surface area contributed by atoms with Gasteiger partial charge in [0.2, 0.25) is 5.91 Å². The van der Waals surface area contributed by atoms with Crippen molar-refractivity contribution in [1.82, 2.24) is 20.1 Å². The molecule has 0 bridgehead atoms. The zero-order chi connectivity index (χ0) is 19.8. The van der Waals surface area contributed by atoms with Crippen LogP contribution in [-0.4, -0.2) is 41.5 Å². The molecule has 28 heavy (non-hydrogen) atoms. The number of nitrogens with zero attached hydrogens (tertiary/aromatic N) is 3. The number of nitrogens with one attached hydrogen (secondary N) is 1. The molecule has 0 saturated heterocycles. The Bertz CT molecular complexity index is 892. The van der Waals surface area contributed by atoms with Crippen LogP contribution in [0, 0.1) is 0 Å². The van der Waals surface area contributed by atoms with E-state index in [1.807, 2.05) is 53.2 Å². The fourth-order valence-corrected chi connectivity index (χ4v) is 2.81. The van der Waals surface area contributed by atoms with Crippen LogP contribution in [0.4, 0.5) is 0 Å². The Balaban J connectivity index is 1.64. The van der Waals surface area contributed by atoms with Crippen molar-refractivity contribution in [2.24, 2.45) is 0 Å². The Morgan fingerprint density at radius 3 is 2.64 bits per heavy atom. The van der Waals surface area contributed by atoms with Crippen LogP contribution in [0.1, 0.15) is 11.3 Å². The molecule has 2 aromatic heterocycles. The molecule has 0 aliphatic heterocycles. The van der Waals surface area contributed by atoms with E-state index >= 15 is 0 Å². The lowest BCUT2D eigenvalue weighted by molar-refractivity contribution is -0.120. The summed E-state index contributed by atoms with van der Waals surface area (Å²) in [7, 11) is 3.27. The predicted octanol–water partition coefficient (Wildman–Crippen LogP) is 2.46. The number of ether oxygens (including phenoxy) is 2. The first-order chi connectivity index (χ1) is 13.7. The van der Waals surface area contributed by atoms with E-state index in [1.54, 1.807) is 20.4 Å². The standard InChI is InChI=1S/C21H24N4O3/c1-27-12-11-25-20(19-5-3-4-10-22-19)14-17(24-25)15-23-21(26)13-16-6-8-18(28-2)9-7-16/h3-10,14H,11-13,15H2,1-2H3,(H,23,26). The van der Waals surface area contributed by atoms with Crippen LogP contribution in [0.15, 0.2) is 54.7 Å². The third-order valence-electron chi connectivity index (χ3n) is 4.26. The lowest BCUT2D eigenvalue weighted by atomic mass is 10.1. The summed E-state index contributed by atoms with van der Waals surface area (Å²) < 4.78 is 12.2. The summed E-state index contributed by atoms with van der Waals surface area (Å²) >= 11 is 0. The minimum atomic E-state index is -0.0593. The van der Waals surface area contributed by atoms with Gasteiger partial charge in [-0.1, -0.05) is 18.2 Å². The molecule has 7 heteroatoms. The van der Waals surface area contributed by atoms with Gasteiger partial charge in [-0.15, -0.1) is 0 Å². The molecule has 0 atom stereocenters. The number of benzene rings is 1. The molecule has 1 aromatic carbocycles. The van der Waals surface area contributed by atoms with Crippen molar-refractivity contribution in [1.29, 1.82) is 0 Å². The number of carbonyl (C=O) groups excluding carboxylic acids is 1. The third kappa shape index (κ3) is 5.17. The highest BCUT2D eigenvalue weighted by molar-refractivity contribution is 5.78. The summed E-state index contributed by atoms with van der Waals surface area (Å²) in [5.41, 5.74) is 3.44. The smallest absolute Gasteiger partial charge is 0.224 e. The maximum atomic E-state index is 12.3. The summed E-state index contributed by atoms with van der Waals surface area (Å²) in [5.74, 6) is 0.712. The van der Waals surface area contributed by atoms with Crippen LogP contribution in [0.25, 0.3) is 11.4 Å². The van der Waals surface area contributed by atoms with Crippen LogP contribution >= 0.6 is 0 Å². The fraction of sp³-hybridized carbons (Fsp3) is 0.286. The Kier molecular flexibility index (Phi) is 6.75. The van der Waals surface area contributed by atoms with Gasteiger partial charge in [-0.2, -0.15) is 5.10 Å². The number of aromatic nitrogens is 3. The van der Waals surface area contributed by atoms with Gasteiger partial charge >= 0.3 is 0 Å². The molecule has 0 aliphatic carbocycles. The third-order valence-corrected chi connectivity index (χ3v) is 4.26. The summed E-state index contributed by atoms with van der Waals surface area (Å²) in [5, 5.41) is 7.52. The van der Waals surface area contributed by atoms with Crippen molar-refractivity contribution in [2.45, 2.75) is 19.5 Å². The van der Waals surface area contributed by atoms with E-state index in [9.17, 15) is 4.79 Å². The first kappa shape index (κ1) is 19.6. The van der Waals surface area contributed by atoms with E-state index in [2.05, 4.69) is 15.4 Å². The highest BCUT2D eigenvalue weighted by atomic mass is 16.5. The van der Waals surface area contributed by atoms with Crippen molar-refractivity contribution in [3.05, 3.63) is 66.0 Å². The second-order valence-corrected chi connectivity index (χ2v) is 6.25. The Morgan fingerprint density at radius 2 is 1.96 bits per heavy atom. The lowest BCUT2D eigenvalue weighted by Crippen LogP contribution is -2.24. The van der Waals surface area contributed by atoms with Gasteiger partial charge in [0.25, 0.3) is 0 Å². The second kappa shape index (κ2) is 9.66. The lowest BCUT2D eigenvalue weighted by Gasteiger charge is -2.06. The van der Waals surface area contributed by atoms with E-state index in [0.717, 1.165) is 28.4 Å². The topological polar surface area (TPSA) is 78.3 Å². The van der Waals surface area contributed by atoms with Crippen LogP contribution in [-0.2, 0) is 29.0 Å². The monoisotopic (exact) mass is 380 g/mol. The molecular formula is C21H24N4O3. The van der Waals surface area contributed by atoms with Gasteiger partial charge < -0.3 is 14.8 Å². The molecule has 0 fully saturated rings. The zero-order valence-electron chi connectivity index (χ0n) is 16.1. The van der Waals surface area contributed by atoms with E-state index in [-0.39, 0.29) is 5.91 Å². The maximum Gasteiger partial charge on any atom is 0.224 e. The second-order valence-electron chi connectivity index (χ2n) is 6.25. The normalized spacial score (nSPS) is 10.6. The van der Waals surface area contributed by atoms with Crippen molar-refractivity contribution in [2.75, 3.05) is 20.8 Å². The minimum Gasteiger partial charge on any atom is -0.497 e. The summed E-state index contributed by atoms with van der Waals surface area (Å²) in [6.45, 7) is 1.52. The Hall–Kier alpha value is -3.19. The average Bonchev–Trinajstić information content (AvgIpc) is 3.15. The predicted molar refractivity (Wildman–Crippen MR) is 106 cm³/mol. The van der Waals surface area contributed by atoms with Crippen LogP contribution in [0.2, 0.25) is 0 Å². The fourth-order valence-electron chi connectivity index (χ4n) is 2.81. The van der Waals surface area contributed by atoms with Gasteiger partial charge in [0, 0.05) is 13.3 Å². The molecule has 0 radical (unpaired) electrons. The Labute approximate surface area is 164 Å². The van der Waals surface area contributed by atoms with E-state index in [4.69, 9.17) is 9.47 Å². The number of rotatable bonds is 9. The number of hydrogen-bond acceptors (Lipinski definition) is 5. The average molecular weight is 380 g/mol. The largest absolute Gasteiger partial charge is 0.497 e. The zero-order valence-corrected chi connectivity index (χ0v) is 16.1. The van der Waals surface area contributed by atoms with E-state index < -0.39 is 0 Å². The first-order valence-electron chi connectivity index (χ1n) is 9.06. The SMILES string of the molecule is COCCn1nc(CNC(=O)Cc2ccc(OC)cc2)cc1-c1ccccn1. The molecule has 0 spiro atoms. The van der Waals surface area contributed by atoms with Gasteiger partial charge in [-0.3, -0.25) is 14.5 Å². The van der Waals surface area contributed by atoms with Gasteiger partial charge in [-0.25, -0.2) is 0 Å². The Morgan fingerprint density at radius 1 is 1.14 bits per heavy atom. The first-order valence-corrected chi connectivity index (χ1v) is 9.06. The summed E-state index contributed by atoms with van der Waals surface area (Å²) in [6.07, 6.45) is 2.06. The highest BCUT2D eigenvalue weighted by Crippen LogP contribution is 2.18. The van der Waals surface area contributed by atoms with Crippen molar-refractivity contribution in [3.8, 4) is 17.1 Å². The molecule has 3 rings (SSSR count). The van der Waals surface area contributed by atoms with Crippen molar-refractivity contribution >= 4 is 5.91 Å². The maximum absolute atomic E-state index is 12.3. The minimum absolute atomic E-state index is 0.0593. The van der Waals surface area contributed by atoms with E-state index in [1.165, 1.54) is 0 Å². The van der Waals surface area contributed by atoms with E-state index in [0.29, 0.717) is 26.1 Å². The van der Waals surface area contributed by atoms with Gasteiger partial charge in [0.05, 0.1) is 50.3 Å². The van der Waals surface area contributed by atoms with Crippen molar-refractivity contribution < 1.29 is 14.3 Å². The number of pyridine rings is 1. The molecular weight excluding hydrogens is 356 g/mol. The summed E-state index contributed by atoms with van der Waals surface area (Å²) in [4.78, 5) is 16.7. The molecule has 3 aromatic rings. The van der Waals surface area contributed by atoms with Crippen LogP contribution in [0.5, 0.6) is 5.75 Å². The molecule has 0 saturated carbocycles. The molecule has 146 valence electrons. The quantitative estimate of drug-likeness (QED) is 0.617. The molecule has 0 unspecified atom stereocenters. The number of amides is 1. The number of carbonyl (C=O) groups is 1. The molecule has 2 heterocycles. The summed E-state index contributed by atoms with van der Waals surface area (Å²) in [6, 6.07) is 15.2. The van der Waals surface area contributed by atoms with Crippen LogP contribution < -0.4 is 10.1 Å². The highest BCUT2D eigenvalue weighted by Gasteiger charge is 2.12.